The molecule has 3 aromatic rings. The second-order valence-corrected chi connectivity index (χ2v) is 6.63. The molecule has 2 aromatic carbocycles. The summed E-state index contributed by atoms with van der Waals surface area (Å²) >= 11 is 0. The summed E-state index contributed by atoms with van der Waals surface area (Å²) in [7, 11) is 1.29. The lowest BCUT2D eigenvalue weighted by atomic mass is 9.99. The number of aromatic nitrogens is 1. The van der Waals surface area contributed by atoms with Crippen LogP contribution in [0.5, 0.6) is 0 Å². The minimum Gasteiger partial charge on any atom is -0.375 e. The number of fused-ring (bicyclic) bond motifs is 1. The van der Waals surface area contributed by atoms with Crippen molar-refractivity contribution in [3.05, 3.63) is 77.0 Å². The van der Waals surface area contributed by atoms with Crippen molar-refractivity contribution in [2.45, 2.75) is 25.0 Å². The van der Waals surface area contributed by atoms with Gasteiger partial charge in [0.25, 0.3) is 0 Å². The van der Waals surface area contributed by atoms with Gasteiger partial charge < -0.3 is 10.1 Å². The lowest BCUT2D eigenvalue weighted by Gasteiger charge is -2.21. The third-order valence-corrected chi connectivity index (χ3v) is 4.60. The molecule has 0 spiro atoms. The molecule has 1 atom stereocenters. The zero-order valence-corrected chi connectivity index (χ0v) is 15.8. The van der Waals surface area contributed by atoms with Crippen LogP contribution in [0.25, 0.3) is 10.9 Å². The van der Waals surface area contributed by atoms with E-state index in [4.69, 9.17) is 4.74 Å². The molecule has 1 N–H and O–H groups in total. The summed E-state index contributed by atoms with van der Waals surface area (Å²) in [6, 6.07) is 13.2. The van der Waals surface area contributed by atoms with Crippen molar-refractivity contribution < 1.29 is 31.1 Å². The SMILES string of the molecule is COC(CNCc1ccccc1)c1cc(C(F)(F)F)nc2c(C(F)(F)F)cccc12. The van der Waals surface area contributed by atoms with Crippen molar-refractivity contribution in [2.24, 2.45) is 0 Å². The number of methoxy groups -OCH3 is 1. The number of para-hydroxylation sites is 1. The fourth-order valence-corrected chi connectivity index (χ4v) is 3.18. The van der Waals surface area contributed by atoms with E-state index in [1.54, 1.807) is 0 Å². The van der Waals surface area contributed by atoms with Crippen LogP contribution < -0.4 is 5.32 Å². The van der Waals surface area contributed by atoms with Gasteiger partial charge in [-0.1, -0.05) is 42.5 Å². The average Bonchev–Trinajstić information content (AvgIpc) is 2.69. The van der Waals surface area contributed by atoms with Crippen LogP contribution in [0.1, 0.15) is 28.5 Å². The van der Waals surface area contributed by atoms with Crippen molar-refractivity contribution in [2.75, 3.05) is 13.7 Å². The lowest BCUT2D eigenvalue weighted by Crippen LogP contribution is -2.23. The van der Waals surface area contributed by atoms with Gasteiger partial charge in [-0.3, -0.25) is 0 Å². The smallest absolute Gasteiger partial charge is 0.375 e. The molecule has 3 nitrogen and oxygen atoms in total. The molecular formula is C21H18F6N2O. The average molecular weight is 428 g/mol. The Morgan fingerprint density at radius 2 is 1.63 bits per heavy atom. The predicted octanol–water partition coefficient (Wildman–Crippen LogP) is 5.75. The van der Waals surface area contributed by atoms with Crippen LogP contribution in [0.4, 0.5) is 26.3 Å². The lowest BCUT2D eigenvalue weighted by molar-refractivity contribution is -0.142. The molecule has 0 amide bonds. The van der Waals surface area contributed by atoms with Crippen LogP contribution in [0.15, 0.2) is 54.6 Å². The Hall–Kier alpha value is -2.65. The standard InChI is InChI=1S/C21H18F6N2O/c1-30-17(12-28-11-13-6-3-2-4-7-13)15-10-18(21(25,26)27)29-19-14(15)8-5-9-16(19)20(22,23)24/h2-10,17,28H,11-12H2,1H3. The number of nitrogens with one attached hydrogen (secondary N) is 1. The molecule has 0 saturated carbocycles. The van der Waals surface area contributed by atoms with Gasteiger partial charge in [-0.25, -0.2) is 4.98 Å². The highest BCUT2D eigenvalue weighted by molar-refractivity contribution is 5.86. The van der Waals surface area contributed by atoms with Crippen molar-refractivity contribution in [3.8, 4) is 0 Å². The van der Waals surface area contributed by atoms with E-state index in [1.807, 2.05) is 30.3 Å². The number of nitrogens with zero attached hydrogens (tertiary/aromatic N) is 1. The van der Waals surface area contributed by atoms with Gasteiger partial charge in [0, 0.05) is 25.6 Å². The summed E-state index contributed by atoms with van der Waals surface area (Å²) in [6.45, 7) is 0.516. The van der Waals surface area contributed by atoms with E-state index in [0.29, 0.717) is 12.6 Å². The highest BCUT2D eigenvalue weighted by atomic mass is 19.4. The van der Waals surface area contributed by atoms with Crippen molar-refractivity contribution in [1.29, 1.82) is 0 Å². The van der Waals surface area contributed by atoms with E-state index in [9.17, 15) is 26.3 Å². The first-order valence-corrected chi connectivity index (χ1v) is 8.96. The summed E-state index contributed by atoms with van der Waals surface area (Å²) in [5, 5.41) is 3.03. The molecule has 0 fully saturated rings. The molecule has 0 bridgehead atoms. The maximum atomic E-state index is 13.4. The second-order valence-electron chi connectivity index (χ2n) is 6.63. The number of rotatable bonds is 6. The van der Waals surface area contributed by atoms with Gasteiger partial charge in [-0.15, -0.1) is 0 Å². The molecule has 0 aliphatic rings. The van der Waals surface area contributed by atoms with E-state index < -0.39 is 35.2 Å². The Balaban J connectivity index is 2.03. The summed E-state index contributed by atoms with van der Waals surface area (Å²) in [6.07, 6.45) is -10.7. The van der Waals surface area contributed by atoms with E-state index in [-0.39, 0.29) is 17.5 Å². The number of alkyl halides is 6. The molecule has 0 aliphatic carbocycles. The van der Waals surface area contributed by atoms with Crippen LogP contribution in [-0.2, 0) is 23.6 Å². The third-order valence-electron chi connectivity index (χ3n) is 4.60. The summed E-state index contributed by atoms with van der Waals surface area (Å²) in [5.74, 6) is 0. The van der Waals surface area contributed by atoms with Gasteiger partial charge in [0.15, 0.2) is 0 Å². The first kappa shape index (κ1) is 22.0. The number of benzene rings is 2. The first-order chi connectivity index (χ1) is 14.1. The van der Waals surface area contributed by atoms with Crippen LogP contribution in [0.3, 0.4) is 0 Å². The van der Waals surface area contributed by atoms with Gasteiger partial charge in [0.1, 0.15) is 5.69 Å². The number of halogens is 6. The highest BCUT2D eigenvalue weighted by Crippen LogP contribution is 2.39. The van der Waals surface area contributed by atoms with Crippen LogP contribution in [0.2, 0.25) is 0 Å². The predicted molar refractivity (Wildman–Crippen MR) is 99.6 cm³/mol. The quantitative estimate of drug-likeness (QED) is 0.508. The zero-order valence-electron chi connectivity index (χ0n) is 15.8. The molecule has 9 heteroatoms. The van der Waals surface area contributed by atoms with Crippen LogP contribution in [0, 0.1) is 0 Å². The largest absolute Gasteiger partial charge is 0.433 e. The van der Waals surface area contributed by atoms with Crippen molar-refractivity contribution in [3.63, 3.8) is 0 Å². The molecule has 0 aliphatic heterocycles. The van der Waals surface area contributed by atoms with Crippen molar-refractivity contribution >= 4 is 10.9 Å². The molecule has 160 valence electrons. The Bertz CT molecular complexity index is 1000. The van der Waals surface area contributed by atoms with Crippen LogP contribution >= 0.6 is 0 Å². The maximum absolute atomic E-state index is 13.4. The molecule has 30 heavy (non-hydrogen) atoms. The molecular weight excluding hydrogens is 410 g/mol. The molecule has 1 unspecified atom stereocenters. The van der Waals surface area contributed by atoms with Crippen molar-refractivity contribution in [1.82, 2.24) is 10.3 Å². The minimum atomic E-state index is -4.91. The molecule has 3 rings (SSSR count). The zero-order chi connectivity index (χ0) is 21.9. The topological polar surface area (TPSA) is 34.1 Å². The Morgan fingerprint density at radius 3 is 2.23 bits per heavy atom. The molecule has 0 radical (unpaired) electrons. The van der Waals surface area contributed by atoms with E-state index >= 15 is 0 Å². The Kier molecular flexibility index (Phi) is 6.33. The van der Waals surface area contributed by atoms with Gasteiger partial charge in [0.2, 0.25) is 0 Å². The van der Waals surface area contributed by atoms with Crippen LogP contribution in [-0.4, -0.2) is 18.6 Å². The molecule has 0 saturated heterocycles. The minimum absolute atomic E-state index is 0.0125. The van der Waals surface area contributed by atoms with Gasteiger partial charge >= 0.3 is 12.4 Å². The maximum Gasteiger partial charge on any atom is 0.433 e. The normalized spacial score (nSPS) is 13.6. The van der Waals surface area contributed by atoms with E-state index in [1.165, 1.54) is 13.2 Å². The summed E-state index contributed by atoms with van der Waals surface area (Å²) in [4.78, 5) is 3.30. The fraction of sp³-hybridized carbons (Fsp3) is 0.286. The first-order valence-electron chi connectivity index (χ1n) is 8.96. The monoisotopic (exact) mass is 428 g/mol. The fourth-order valence-electron chi connectivity index (χ4n) is 3.18. The van der Waals surface area contributed by atoms with E-state index in [2.05, 4.69) is 10.3 Å². The number of hydrogen-bond donors (Lipinski definition) is 1. The number of ether oxygens (including phenoxy) is 1. The molecule has 1 heterocycles. The highest BCUT2D eigenvalue weighted by Gasteiger charge is 2.38. The van der Waals surface area contributed by atoms with E-state index in [0.717, 1.165) is 17.7 Å². The summed E-state index contributed by atoms with van der Waals surface area (Å²) in [5.41, 5.74) is -2.44. The van der Waals surface area contributed by atoms with Gasteiger partial charge in [0.05, 0.1) is 17.2 Å². The van der Waals surface area contributed by atoms with Gasteiger partial charge in [-0.05, 0) is 23.3 Å². The Labute approximate surface area is 168 Å². The molecule has 1 aromatic heterocycles. The number of hydrogen-bond acceptors (Lipinski definition) is 3. The number of pyridine rings is 1. The summed E-state index contributed by atoms with van der Waals surface area (Å²) < 4.78 is 85.6. The third kappa shape index (κ3) is 4.91. The Morgan fingerprint density at radius 1 is 0.933 bits per heavy atom. The second kappa shape index (κ2) is 8.61. The van der Waals surface area contributed by atoms with Gasteiger partial charge in [-0.2, -0.15) is 26.3 Å².